The normalized spacial score (nSPS) is 12.6. The quantitative estimate of drug-likeness (QED) is 0.487. The van der Waals surface area contributed by atoms with Gasteiger partial charge in [0.1, 0.15) is 10.8 Å². The van der Waals surface area contributed by atoms with Gasteiger partial charge in [-0.15, -0.1) is 0 Å². The zero-order chi connectivity index (χ0) is 20.3. The van der Waals surface area contributed by atoms with Crippen LogP contribution in [0.25, 0.3) is 10.9 Å². The molecule has 0 bridgehead atoms. The van der Waals surface area contributed by atoms with E-state index in [1.165, 1.54) is 13.2 Å². The molecule has 3 rings (SSSR count). The van der Waals surface area contributed by atoms with Crippen molar-refractivity contribution in [2.45, 2.75) is 23.4 Å². The number of aromatic nitrogens is 2. The Bertz CT molecular complexity index is 1010. The van der Waals surface area contributed by atoms with Crippen molar-refractivity contribution in [2.24, 2.45) is 0 Å². The van der Waals surface area contributed by atoms with Gasteiger partial charge in [-0.2, -0.15) is 13.2 Å². The molecule has 0 spiro atoms. The molecule has 0 aliphatic carbocycles. The number of methoxy groups -OCH3 is 1. The summed E-state index contributed by atoms with van der Waals surface area (Å²) in [6.07, 6.45) is -4.68. The molecule has 146 valence electrons. The molecule has 1 atom stereocenters. The summed E-state index contributed by atoms with van der Waals surface area (Å²) in [5.74, 6) is -1.13. The molecule has 2 aromatic carbocycles. The summed E-state index contributed by atoms with van der Waals surface area (Å²) in [7, 11) is 1.48. The van der Waals surface area contributed by atoms with Crippen molar-refractivity contribution in [3.05, 3.63) is 54.4 Å². The molecule has 28 heavy (non-hydrogen) atoms. The second-order valence-electron chi connectivity index (χ2n) is 5.82. The first-order valence-corrected chi connectivity index (χ1v) is 9.12. The number of fused-ring (bicyclic) bond motifs is 1. The second kappa shape index (κ2) is 8.05. The number of thioether (sulfide) groups is 1. The average molecular weight is 407 g/mol. The third-order valence-electron chi connectivity index (χ3n) is 3.84. The van der Waals surface area contributed by atoms with Crippen molar-refractivity contribution >= 4 is 34.3 Å². The summed E-state index contributed by atoms with van der Waals surface area (Å²) in [5.41, 5.74) is 0.649. The topological polar surface area (TPSA) is 64.1 Å². The van der Waals surface area contributed by atoms with Crippen LogP contribution >= 0.6 is 11.8 Å². The first-order chi connectivity index (χ1) is 13.3. The maximum absolute atomic E-state index is 13.1. The predicted octanol–water partition coefficient (Wildman–Crippen LogP) is 4.78. The van der Waals surface area contributed by atoms with Gasteiger partial charge in [-0.05, 0) is 25.1 Å². The number of nitrogens with one attached hydrogen (secondary N) is 1. The highest BCUT2D eigenvalue weighted by molar-refractivity contribution is 8.00. The number of carbonyl (C=O) groups excluding carboxylic acids is 1. The van der Waals surface area contributed by atoms with Crippen LogP contribution in [0.15, 0.2) is 53.6 Å². The predicted molar refractivity (Wildman–Crippen MR) is 101 cm³/mol. The van der Waals surface area contributed by atoms with E-state index < -0.39 is 17.3 Å². The van der Waals surface area contributed by atoms with Crippen molar-refractivity contribution in [3.8, 4) is 5.75 Å². The minimum Gasteiger partial charge on any atom is -0.495 e. The third kappa shape index (κ3) is 4.36. The monoisotopic (exact) mass is 407 g/mol. The van der Waals surface area contributed by atoms with Crippen LogP contribution in [-0.2, 0) is 11.0 Å². The summed E-state index contributed by atoms with van der Waals surface area (Å²) in [5, 5.41) is 2.57. The van der Waals surface area contributed by atoms with Crippen molar-refractivity contribution in [3.63, 3.8) is 0 Å². The Morgan fingerprint density at radius 3 is 2.50 bits per heavy atom. The van der Waals surface area contributed by atoms with Crippen LogP contribution in [0.3, 0.4) is 0 Å². The molecule has 1 aromatic heterocycles. The van der Waals surface area contributed by atoms with Crippen LogP contribution in [0.2, 0.25) is 0 Å². The van der Waals surface area contributed by atoms with Crippen molar-refractivity contribution in [1.82, 2.24) is 9.97 Å². The van der Waals surface area contributed by atoms with Crippen LogP contribution in [0.1, 0.15) is 12.7 Å². The van der Waals surface area contributed by atoms with Gasteiger partial charge in [0.15, 0.2) is 0 Å². The molecule has 0 radical (unpaired) electrons. The maximum Gasteiger partial charge on any atom is 0.451 e. The van der Waals surface area contributed by atoms with Gasteiger partial charge in [0.05, 0.1) is 23.6 Å². The van der Waals surface area contributed by atoms with E-state index in [9.17, 15) is 18.0 Å². The highest BCUT2D eigenvalue weighted by Crippen LogP contribution is 2.34. The molecule has 3 aromatic rings. The van der Waals surface area contributed by atoms with E-state index in [0.29, 0.717) is 16.8 Å². The van der Waals surface area contributed by atoms with E-state index in [2.05, 4.69) is 15.3 Å². The van der Waals surface area contributed by atoms with E-state index in [1.807, 2.05) is 0 Å². The summed E-state index contributed by atoms with van der Waals surface area (Å²) in [6.45, 7) is 1.60. The van der Waals surface area contributed by atoms with Gasteiger partial charge in [-0.3, -0.25) is 4.79 Å². The average Bonchev–Trinajstić information content (AvgIpc) is 2.67. The molecule has 0 aliphatic heterocycles. The lowest BCUT2D eigenvalue weighted by molar-refractivity contribution is -0.145. The third-order valence-corrected chi connectivity index (χ3v) is 4.95. The Hall–Kier alpha value is -2.81. The Morgan fingerprint density at radius 2 is 1.79 bits per heavy atom. The summed E-state index contributed by atoms with van der Waals surface area (Å²) in [6, 6.07) is 13.3. The summed E-state index contributed by atoms with van der Waals surface area (Å²) >= 11 is 0.940. The van der Waals surface area contributed by atoms with Crippen LogP contribution in [-0.4, -0.2) is 28.2 Å². The number of hydrogen-bond donors (Lipinski definition) is 1. The largest absolute Gasteiger partial charge is 0.495 e. The van der Waals surface area contributed by atoms with Crippen molar-refractivity contribution in [2.75, 3.05) is 12.4 Å². The molecule has 0 saturated heterocycles. The van der Waals surface area contributed by atoms with Gasteiger partial charge in [-0.25, -0.2) is 9.97 Å². The van der Waals surface area contributed by atoms with Gasteiger partial charge >= 0.3 is 6.18 Å². The Kier molecular flexibility index (Phi) is 5.73. The SMILES string of the molecule is COc1ccccc1NC(=O)[C@@H](C)Sc1nc(C(F)(F)F)nc2ccccc12. The minimum absolute atomic E-state index is 0.0978. The van der Waals surface area contributed by atoms with E-state index in [4.69, 9.17) is 4.74 Å². The maximum atomic E-state index is 13.1. The number of hydrogen-bond acceptors (Lipinski definition) is 5. The number of nitrogens with zero attached hydrogens (tertiary/aromatic N) is 2. The first-order valence-electron chi connectivity index (χ1n) is 8.24. The van der Waals surface area contributed by atoms with Crippen LogP contribution < -0.4 is 10.1 Å². The number of ether oxygens (including phenoxy) is 1. The Balaban J connectivity index is 1.88. The lowest BCUT2D eigenvalue weighted by Crippen LogP contribution is -2.23. The standard InChI is InChI=1S/C19H16F3N3O2S/c1-11(16(26)23-14-9-5-6-10-15(14)27-2)28-17-12-7-3-4-8-13(12)24-18(25-17)19(20,21)22/h3-11H,1-2H3,(H,23,26)/t11-/m1/s1. The molecule has 1 N–H and O–H groups in total. The van der Waals surface area contributed by atoms with Gasteiger partial charge in [0.2, 0.25) is 11.7 Å². The number of para-hydroxylation sites is 3. The fraction of sp³-hybridized carbons (Fsp3) is 0.211. The zero-order valence-electron chi connectivity index (χ0n) is 14.9. The van der Waals surface area contributed by atoms with Gasteiger partial charge in [0.25, 0.3) is 0 Å². The van der Waals surface area contributed by atoms with Gasteiger partial charge < -0.3 is 10.1 Å². The number of amides is 1. The molecular weight excluding hydrogens is 391 g/mol. The van der Waals surface area contributed by atoms with Crippen molar-refractivity contribution < 1.29 is 22.7 Å². The Labute approximate surface area is 163 Å². The molecule has 0 aliphatic rings. The molecule has 1 heterocycles. The smallest absolute Gasteiger partial charge is 0.451 e. The van der Waals surface area contributed by atoms with E-state index >= 15 is 0 Å². The van der Waals surface area contributed by atoms with E-state index in [1.54, 1.807) is 49.4 Å². The number of rotatable bonds is 5. The molecule has 9 heteroatoms. The molecule has 0 unspecified atom stereocenters. The highest BCUT2D eigenvalue weighted by atomic mass is 32.2. The lowest BCUT2D eigenvalue weighted by Gasteiger charge is -2.15. The van der Waals surface area contributed by atoms with Crippen LogP contribution in [0.5, 0.6) is 5.75 Å². The summed E-state index contributed by atoms with van der Waals surface area (Å²) in [4.78, 5) is 19.8. The number of halogens is 3. The second-order valence-corrected chi connectivity index (χ2v) is 7.15. The molecule has 0 fully saturated rings. The highest BCUT2D eigenvalue weighted by Gasteiger charge is 2.36. The van der Waals surface area contributed by atoms with Crippen LogP contribution in [0.4, 0.5) is 18.9 Å². The summed E-state index contributed by atoms with van der Waals surface area (Å²) < 4.78 is 44.6. The number of carbonyl (C=O) groups is 1. The fourth-order valence-corrected chi connectivity index (χ4v) is 3.41. The van der Waals surface area contributed by atoms with Crippen molar-refractivity contribution in [1.29, 1.82) is 0 Å². The van der Waals surface area contributed by atoms with E-state index in [-0.39, 0.29) is 16.4 Å². The molecule has 0 saturated carbocycles. The molecule has 5 nitrogen and oxygen atoms in total. The fourth-order valence-electron chi connectivity index (χ4n) is 2.47. The number of anilines is 1. The lowest BCUT2D eigenvalue weighted by atomic mass is 10.2. The first kappa shape index (κ1) is 19.9. The zero-order valence-corrected chi connectivity index (χ0v) is 15.8. The molecular formula is C19H16F3N3O2S. The Morgan fingerprint density at radius 1 is 1.11 bits per heavy atom. The van der Waals surface area contributed by atoms with Gasteiger partial charge in [-0.1, -0.05) is 42.1 Å². The minimum atomic E-state index is -4.68. The molecule has 1 amide bonds. The number of benzene rings is 2. The van der Waals surface area contributed by atoms with E-state index in [0.717, 1.165) is 11.8 Å². The number of alkyl halides is 3. The van der Waals surface area contributed by atoms with Gasteiger partial charge in [0, 0.05) is 5.39 Å². The van der Waals surface area contributed by atoms with Crippen LogP contribution in [0, 0.1) is 0 Å².